The SMILES string of the molecule is CCOC1CCN(C(=O)c2cccc3c2CCCN3)CC1. The number of benzene rings is 1. The molecule has 4 heteroatoms. The molecule has 0 unspecified atom stereocenters. The van der Waals surface area contributed by atoms with E-state index in [0.29, 0.717) is 6.10 Å². The molecule has 2 aliphatic heterocycles. The van der Waals surface area contributed by atoms with Crippen molar-refractivity contribution >= 4 is 11.6 Å². The maximum atomic E-state index is 12.8. The lowest BCUT2D eigenvalue weighted by Crippen LogP contribution is -2.41. The molecule has 0 aromatic heterocycles. The summed E-state index contributed by atoms with van der Waals surface area (Å²) in [6, 6.07) is 6.03. The van der Waals surface area contributed by atoms with E-state index in [2.05, 4.69) is 11.4 Å². The molecule has 0 atom stereocenters. The number of ether oxygens (including phenoxy) is 1. The summed E-state index contributed by atoms with van der Waals surface area (Å²) in [5.74, 6) is 0.186. The number of anilines is 1. The number of carbonyl (C=O) groups excluding carboxylic acids is 1. The molecule has 2 aliphatic rings. The molecule has 0 radical (unpaired) electrons. The molecule has 0 bridgehead atoms. The van der Waals surface area contributed by atoms with Gasteiger partial charge in [0.1, 0.15) is 0 Å². The lowest BCUT2D eigenvalue weighted by molar-refractivity contribution is 0.0145. The summed E-state index contributed by atoms with van der Waals surface area (Å²) < 4.78 is 5.66. The Morgan fingerprint density at radius 2 is 2.19 bits per heavy atom. The van der Waals surface area contributed by atoms with Gasteiger partial charge in [0.2, 0.25) is 0 Å². The molecule has 0 aliphatic carbocycles. The number of hydrogen-bond donors (Lipinski definition) is 1. The Balaban J connectivity index is 1.72. The molecule has 3 rings (SSSR count). The Bertz CT molecular complexity index is 508. The van der Waals surface area contributed by atoms with Gasteiger partial charge in [0, 0.05) is 37.5 Å². The van der Waals surface area contributed by atoms with Crippen molar-refractivity contribution in [2.45, 2.75) is 38.7 Å². The van der Waals surface area contributed by atoms with Crippen LogP contribution in [0, 0.1) is 0 Å². The highest BCUT2D eigenvalue weighted by Crippen LogP contribution is 2.27. The first-order valence-corrected chi connectivity index (χ1v) is 8.06. The first-order chi connectivity index (χ1) is 10.3. The monoisotopic (exact) mass is 288 g/mol. The molecule has 21 heavy (non-hydrogen) atoms. The van der Waals surface area contributed by atoms with Crippen LogP contribution in [0.4, 0.5) is 5.69 Å². The number of nitrogens with zero attached hydrogens (tertiary/aromatic N) is 1. The smallest absolute Gasteiger partial charge is 0.254 e. The summed E-state index contributed by atoms with van der Waals surface area (Å²) in [5, 5.41) is 3.39. The highest BCUT2D eigenvalue weighted by molar-refractivity contribution is 5.97. The van der Waals surface area contributed by atoms with Crippen LogP contribution >= 0.6 is 0 Å². The molecule has 1 fully saturated rings. The maximum Gasteiger partial charge on any atom is 0.254 e. The zero-order valence-corrected chi connectivity index (χ0v) is 12.7. The highest BCUT2D eigenvalue weighted by atomic mass is 16.5. The van der Waals surface area contributed by atoms with E-state index in [1.165, 1.54) is 5.56 Å². The quantitative estimate of drug-likeness (QED) is 0.930. The molecule has 1 aromatic carbocycles. The average Bonchev–Trinajstić information content (AvgIpc) is 2.55. The van der Waals surface area contributed by atoms with E-state index in [0.717, 1.165) is 63.2 Å². The van der Waals surface area contributed by atoms with Gasteiger partial charge in [-0.25, -0.2) is 0 Å². The molecule has 1 N–H and O–H groups in total. The van der Waals surface area contributed by atoms with Gasteiger partial charge in [-0.2, -0.15) is 0 Å². The molecule has 114 valence electrons. The molecule has 0 spiro atoms. The number of fused-ring (bicyclic) bond motifs is 1. The van der Waals surface area contributed by atoms with Crippen LogP contribution in [-0.2, 0) is 11.2 Å². The van der Waals surface area contributed by atoms with Crippen LogP contribution in [0.1, 0.15) is 42.1 Å². The highest BCUT2D eigenvalue weighted by Gasteiger charge is 2.26. The van der Waals surface area contributed by atoms with Gasteiger partial charge in [0.15, 0.2) is 0 Å². The largest absolute Gasteiger partial charge is 0.385 e. The summed E-state index contributed by atoms with van der Waals surface area (Å²) in [4.78, 5) is 14.8. The van der Waals surface area contributed by atoms with Crippen LogP contribution in [0.5, 0.6) is 0 Å². The van der Waals surface area contributed by atoms with Crippen molar-refractivity contribution in [1.82, 2.24) is 4.90 Å². The maximum absolute atomic E-state index is 12.8. The van der Waals surface area contributed by atoms with Gasteiger partial charge in [-0.1, -0.05) is 6.07 Å². The normalized spacial score (nSPS) is 19.0. The molecule has 4 nitrogen and oxygen atoms in total. The van der Waals surface area contributed by atoms with Gasteiger partial charge in [0.25, 0.3) is 5.91 Å². The summed E-state index contributed by atoms with van der Waals surface area (Å²) >= 11 is 0. The van der Waals surface area contributed by atoms with Crippen molar-refractivity contribution in [1.29, 1.82) is 0 Å². The van der Waals surface area contributed by atoms with Crippen molar-refractivity contribution in [3.8, 4) is 0 Å². The van der Waals surface area contributed by atoms with Gasteiger partial charge in [0.05, 0.1) is 6.10 Å². The van der Waals surface area contributed by atoms with Gasteiger partial charge < -0.3 is 15.0 Å². The van der Waals surface area contributed by atoms with Crippen molar-refractivity contribution in [2.24, 2.45) is 0 Å². The van der Waals surface area contributed by atoms with Gasteiger partial charge in [-0.15, -0.1) is 0 Å². The first-order valence-electron chi connectivity index (χ1n) is 8.06. The Kier molecular flexibility index (Phi) is 4.44. The molecule has 0 saturated carbocycles. The molecule has 1 saturated heterocycles. The van der Waals surface area contributed by atoms with E-state index in [1.54, 1.807) is 0 Å². The first kappa shape index (κ1) is 14.4. The van der Waals surface area contributed by atoms with Crippen molar-refractivity contribution in [2.75, 3.05) is 31.6 Å². The van der Waals surface area contributed by atoms with Crippen molar-refractivity contribution in [3.05, 3.63) is 29.3 Å². The number of likely N-dealkylation sites (tertiary alicyclic amines) is 1. The van der Waals surface area contributed by atoms with Crippen LogP contribution in [-0.4, -0.2) is 43.2 Å². The number of amides is 1. The number of rotatable bonds is 3. The fourth-order valence-electron chi connectivity index (χ4n) is 3.34. The zero-order valence-electron chi connectivity index (χ0n) is 12.7. The molecular formula is C17H24N2O2. The summed E-state index contributed by atoms with van der Waals surface area (Å²) in [5.41, 5.74) is 3.21. The molecular weight excluding hydrogens is 264 g/mol. The second-order valence-electron chi connectivity index (χ2n) is 5.81. The van der Waals surface area contributed by atoms with E-state index in [1.807, 2.05) is 24.0 Å². The fourth-order valence-corrected chi connectivity index (χ4v) is 3.34. The molecule has 1 aromatic rings. The summed E-state index contributed by atoms with van der Waals surface area (Å²) in [6.07, 6.45) is 4.33. The van der Waals surface area contributed by atoms with Gasteiger partial charge in [-0.3, -0.25) is 4.79 Å². The topological polar surface area (TPSA) is 41.6 Å². The van der Waals surface area contributed by atoms with Crippen LogP contribution in [0.2, 0.25) is 0 Å². The van der Waals surface area contributed by atoms with Gasteiger partial charge >= 0.3 is 0 Å². The number of hydrogen-bond acceptors (Lipinski definition) is 3. The van der Waals surface area contributed by atoms with E-state index >= 15 is 0 Å². The average molecular weight is 288 g/mol. The minimum atomic E-state index is 0.186. The fraction of sp³-hybridized carbons (Fsp3) is 0.588. The predicted molar refractivity (Wildman–Crippen MR) is 83.8 cm³/mol. The Hall–Kier alpha value is -1.55. The minimum Gasteiger partial charge on any atom is -0.385 e. The van der Waals surface area contributed by atoms with E-state index < -0.39 is 0 Å². The van der Waals surface area contributed by atoms with Crippen LogP contribution < -0.4 is 5.32 Å². The van der Waals surface area contributed by atoms with Crippen molar-refractivity contribution in [3.63, 3.8) is 0 Å². The third-order valence-corrected chi connectivity index (χ3v) is 4.46. The Morgan fingerprint density at radius 3 is 2.95 bits per heavy atom. The summed E-state index contributed by atoms with van der Waals surface area (Å²) in [6.45, 7) is 5.41. The summed E-state index contributed by atoms with van der Waals surface area (Å²) in [7, 11) is 0. The number of piperidine rings is 1. The van der Waals surface area contributed by atoms with E-state index in [9.17, 15) is 4.79 Å². The van der Waals surface area contributed by atoms with Gasteiger partial charge in [-0.05, 0) is 50.3 Å². The lowest BCUT2D eigenvalue weighted by Gasteiger charge is -2.32. The van der Waals surface area contributed by atoms with Crippen molar-refractivity contribution < 1.29 is 9.53 Å². The third-order valence-electron chi connectivity index (χ3n) is 4.46. The Labute approximate surface area is 126 Å². The predicted octanol–water partition coefficient (Wildman–Crippen LogP) is 2.69. The van der Waals surface area contributed by atoms with E-state index in [4.69, 9.17) is 4.74 Å². The molecule has 2 heterocycles. The van der Waals surface area contributed by atoms with Crippen LogP contribution in [0.15, 0.2) is 18.2 Å². The minimum absolute atomic E-state index is 0.186. The van der Waals surface area contributed by atoms with E-state index in [-0.39, 0.29) is 5.91 Å². The second kappa shape index (κ2) is 6.48. The standard InChI is InChI=1S/C17H24N2O2/c1-2-21-13-8-11-19(12-9-13)17(20)15-5-3-7-16-14(15)6-4-10-18-16/h3,5,7,13,18H,2,4,6,8-12H2,1H3. The Morgan fingerprint density at radius 1 is 1.38 bits per heavy atom. The van der Waals surface area contributed by atoms with Crippen LogP contribution in [0.25, 0.3) is 0 Å². The number of carbonyl (C=O) groups is 1. The van der Waals surface area contributed by atoms with Crippen LogP contribution in [0.3, 0.4) is 0 Å². The lowest BCUT2D eigenvalue weighted by atomic mass is 9.96. The number of nitrogens with one attached hydrogen (secondary N) is 1. The zero-order chi connectivity index (χ0) is 14.7. The molecule has 1 amide bonds. The third kappa shape index (κ3) is 3.05. The second-order valence-corrected chi connectivity index (χ2v) is 5.81.